The first-order valence-electron chi connectivity index (χ1n) is 40.0. The van der Waals surface area contributed by atoms with Gasteiger partial charge >= 0.3 is 17.1 Å². The van der Waals surface area contributed by atoms with E-state index in [4.69, 9.17) is 19.2 Å². The minimum Gasteiger partial charge on any atom is -0.383 e. The Kier molecular flexibility index (Phi) is 22.7. The van der Waals surface area contributed by atoms with Crippen LogP contribution in [0.15, 0.2) is 152 Å². The van der Waals surface area contributed by atoms with Crippen LogP contribution in [-0.2, 0) is 49.7 Å². The number of rotatable bonds is 15. The highest BCUT2D eigenvalue weighted by atomic mass is 32.2. The first-order chi connectivity index (χ1) is 57.3. The van der Waals surface area contributed by atoms with Gasteiger partial charge in [-0.2, -0.15) is 30.2 Å². The third-order valence-electron chi connectivity index (χ3n) is 24.0. The van der Waals surface area contributed by atoms with Gasteiger partial charge in [0.15, 0.2) is 0 Å². The van der Waals surface area contributed by atoms with Crippen molar-refractivity contribution in [1.82, 2.24) is 72.7 Å². The molecule has 6 aliphatic rings. The molecule has 3 fully saturated rings. The van der Waals surface area contributed by atoms with E-state index >= 15 is 0 Å². The quantitative estimate of drug-likeness (QED) is 0.0864. The third kappa shape index (κ3) is 14.1. The SMILES string of the molecule is C=CC(=O)N1CCN(c2nc(=O)n3c4c(c(-c5cccc6cnn(C)c56)c(C)cc24)SCC3COC)CC1.C=CC(=O)N1[C@H](C)CN(c2nc(=O)n3c4c(c(-c5ccc(F)c6cnn(C)c56)c(C)cc24)SCC3COC)C[C@@H]1C.C=CC(=O)N1[C@H](C)CN(c2nc(=O)n3c4c(c(-c5cccc6cnn(C)c56)c(C)cc24)SCC3COC)C[C@@H]1C. The number of halogens is 1. The lowest BCUT2D eigenvalue weighted by Crippen LogP contribution is -2.58. The Balaban J connectivity index is 0.000000133. The number of hydrogen-bond acceptors (Lipinski definition) is 21. The standard InChI is InChI=1S/C30H33FN6O3S.C30H34N6O3S.C28H30N6O3S/c1-7-24(38)36-17(3)12-35(13-18(36)4)29-21-10-16(2)25(20-8-9-23(31)22-11-32-34(5)26(20)22)28-27(21)37(30(39)33-29)19(14-40-6)15-41-28;1-7-24(37)35-18(3)13-34(14-19(35)4)29-23-11-17(2)25(22-10-8-9-20-12-31-33(5)26(20)22)28-27(23)36(30(38)32-29)21(15-39-6)16-40-28;1-5-22(35)32-9-11-33(12-10-32)27-21-13-17(2)23(20-8-6-7-18-14-29-31(3)24(18)20)26-25(21)34(28(36)30-27)19(15-37-4)16-38-26/h7-11,17-19H,1,12-15H2,2-6H3;7-12,18-19,21H,1,13-16H2,2-6H3;5-8,13-14,19H,1,9-12,15-16H2,2-4H3/t17-,18+,19?;18-,19+,21?;. The van der Waals surface area contributed by atoms with E-state index < -0.39 is 0 Å². The number of nitrogens with zero attached hydrogens (tertiary/aromatic N) is 18. The fraction of sp³-hybridized carbons (Fsp3) is 0.386. The Labute approximate surface area is 700 Å². The molecule has 618 valence electrons. The number of aromatic nitrogens is 12. The summed E-state index contributed by atoms with van der Waals surface area (Å²) < 4.78 is 42.3. The molecular formula is C88H97FN18O9S3. The molecule has 0 radical (unpaired) electrons. The van der Waals surface area contributed by atoms with Crippen LogP contribution in [0.2, 0.25) is 0 Å². The van der Waals surface area contributed by atoms with Crippen LogP contribution < -0.4 is 31.8 Å². The summed E-state index contributed by atoms with van der Waals surface area (Å²) >= 11 is 5.23. The molecule has 0 bridgehead atoms. The summed E-state index contributed by atoms with van der Waals surface area (Å²) in [6, 6.07) is 21.5. The number of anilines is 3. The predicted octanol–water partition coefficient (Wildman–Crippen LogP) is 11.9. The van der Waals surface area contributed by atoms with E-state index in [2.05, 4.69) is 128 Å². The minimum atomic E-state index is -0.333. The van der Waals surface area contributed by atoms with Crippen LogP contribution in [-0.4, -0.2) is 225 Å². The second-order valence-corrected chi connectivity index (χ2v) is 34.8. The molecule has 0 saturated carbocycles. The van der Waals surface area contributed by atoms with Crippen LogP contribution in [0.4, 0.5) is 21.8 Å². The molecule has 119 heavy (non-hydrogen) atoms. The van der Waals surface area contributed by atoms with Crippen LogP contribution in [0, 0.1) is 26.6 Å². The molecule has 6 aromatic heterocycles. The maximum Gasteiger partial charge on any atom is 0.350 e. The van der Waals surface area contributed by atoms with E-state index in [0.717, 1.165) is 125 Å². The molecule has 12 aromatic rings. The monoisotopic (exact) mass is 1660 g/mol. The van der Waals surface area contributed by atoms with Crippen molar-refractivity contribution in [1.29, 1.82) is 0 Å². The molecule has 0 spiro atoms. The van der Waals surface area contributed by atoms with Crippen LogP contribution in [0.1, 0.15) is 62.5 Å². The van der Waals surface area contributed by atoms with Gasteiger partial charge in [0.25, 0.3) is 0 Å². The van der Waals surface area contributed by atoms with E-state index in [1.807, 2.05) is 96.5 Å². The molecule has 0 aliphatic carbocycles. The number of aryl methyl sites for hydroxylation is 6. The first kappa shape index (κ1) is 81.8. The lowest BCUT2D eigenvalue weighted by molar-refractivity contribution is -0.131. The first-order valence-corrected chi connectivity index (χ1v) is 42.9. The largest absolute Gasteiger partial charge is 0.383 e. The molecule has 3 unspecified atom stereocenters. The number of para-hydroxylation sites is 2. The van der Waals surface area contributed by atoms with E-state index in [9.17, 15) is 33.2 Å². The Morgan fingerprint density at radius 1 is 0.454 bits per heavy atom. The normalized spacial score (nSPS) is 19.7. The summed E-state index contributed by atoms with van der Waals surface area (Å²) in [6.07, 6.45) is 9.40. The van der Waals surface area contributed by atoms with Crippen molar-refractivity contribution in [2.24, 2.45) is 21.1 Å². The lowest BCUT2D eigenvalue weighted by Gasteiger charge is -2.45. The topological polar surface area (TPSA) is 256 Å². The molecule has 3 amide bonds. The summed E-state index contributed by atoms with van der Waals surface area (Å²) in [5, 5.41) is 18.7. The van der Waals surface area contributed by atoms with Crippen molar-refractivity contribution in [2.45, 2.75) is 105 Å². The van der Waals surface area contributed by atoms with Gasteiger partial charge in [0.05, 0.1) is 95.0 Å². The number of methoxy groups -OCH3 is 3. The Bertz CT molecular complexity index is 6340. The fourth-order valence-electron chi connectivity index (χ4n) is 19.0. The Hall–Kier alpha value is -11.0. The minimum absolute atomic E-state index is 0.0562. The second-order valence-electron chi connectivity index (χ2n) is 31.7. The van der Waals surface area contributed by atoms with Crippen molar-refractivity contribution >= 4 is 136 Å². The Morgan fingerprint density at radius 2 is 0.798 bits per heavy atom. The van der Waals surface area contributed by atoms with E-state index in [1.165, 1.54) is 24.3 Å². The number of fused-ring (bicyclic) bond motifs is 3. The van der Waals surface area contributed by atoms with Crippen LogP contribution in [0.3, 0.4) is 0 Å². The molecule has 3 saturated heterocycles. The summed E-state index contributed by atoms with van der Waals surface area (Å²) in [5.74, 6) is 3.47. The maximum atomic E-state index is 14.8. The zero-order valence-electron chi connectivity index (χ0n) is 69.2. The molecule has 31 heteroatoms. The van der Waals surface area contributed by atoms with Crippen LogP contribution >= 0.6 is 35.3 Å². The molecule has 18 rings (SSSR count). The number of ether oxygens (including phenoxy) is 3. The Morgan fingerprint density at radius 3 is 1.16 bits per heavy atom. The van der Waals surface area contributed by atoms with Gasteiger partial charge in [-0.05, 0) is 114 Å². The van der Waals surface area contributed by atoms with Gasteiger partial charge in [0.2, 0.25) is 17.7 Å². The highest BCUT2D eigenvalue weighted by Crippen LogP contribution is 2.52. The number of hydrogen-bond donors (Lipinski definition) is 0. The van der Waals surface area contributed by atoms with Gasteiger partial charge in [0, 0.05) is 211 Å². The highest BCUT2D eigenvalue weighted by molar-refractivity contribution is 8.00. The molecule has 6 aliphatic heterocycles. The number of thioether (sulfide) groups is 3. The molecule has 6 aromatic carbocycles. The summed E-state index contributed by atoms with van der Waals surface area (Å²) in [5.41, 5.74) is 14.1. The van der Waals surface area contributed by atoms with Gasteiger partial charge in [-0.1, -0.05) is 56.1 Å². The maximum absolute atomic E-state index is 14.8. The van der Waals surface area contributed by atoms with Gasteiger partial charge < -0.3 is 43.6 Å². The molecule has 7 atom stereocenters. The lowest BCUT2D eigenvalue weighted by atomic mass is 9.95. The zero-order chi connectivity index (χ0) is 84.0. The van der Waals surface area contributed by atoms with E-state index in [0.29, 0.717) is 112 Å². The molecule has 0 N–H and O–H groups in total. The molecule has 12 heterocycles. The van der Waals surface area contributed by atoms with Gasteiger partial charge in [0.1, 0.15) is 23.3 Å². The number of carbonyl (C=O) groups is 3. The van der Waals surface area contributed by atoms with Gasteiger partial charge in [-0.3, -0.25) is 42.1 Å². The number of carbonyl (C=O) groups excluding carboxylic acids is 3. The molecule has 27 nitrogen and oxygen atoms in total. The summed E-state index contributed by atoms with van der Waals surface area (Å²) in [7, 11) is 10.7. The predicted molar refractivity (Wildman–Crippen MR) is 472 cm³/mol. The van der Waals surface area contributed by atoms with Gasteiger partial charge in [-0.25, -0.2) is 18.8 Å². The van der Waals surface area contributed by atoms with Crippen LogP contribution in [0.25, 0.3) is 98.8 Å². The van der Waals surface area contributed by atoms with E-state index in [-0.39, 0.29) is 82.9 Å². The zero-order valence-corrected chi connectivity index (χ0v) is 71.7. The number of piperazine rings is 3. The third-order valence-corrected chi connectivity index (χ3v) is 27.7. The second kappa shape index (κ2) is 33.0. The van der Waals surface area contributed by atoms with Crippen LogP contribution in [0.5, 0.6) is 0 Å². The molecular weight excluding hydrogens is 1570 g/mol. The average Bonchev–Trinajstić information content (AvgIpc) is 1.38. The van der Waals surface area contributed by atoms with Crippen molar-refractivity contribution in [3.05, 3.63) is 177 Å². The van der Waals surface area contributed by atoms with Gasteiger partial charge in [-0.15, -0.1) is 35.3 Å². The van der Waals surface area contributed by atoms with Crippen molar-refractivity contribution in [3.63, 3.8) is 0 Å². The fourth-order valence-corrected chi connectivity index (χ4v) is 23.1. The van der Waals surface area contributed by atoms with E-state index in [1.54, 1.807) is 83.0 Å². The van der Waals surface area contributed by atoms with Crippen molar-refractivity contribution in [3.8, 4) is 33.4 Å². The average molecular weight is 1670 g/mol. The van der Waals surface area contributed by atoms with Crippen molar-refractivity contribution in [2.75, 3.05) is 125 Å². The van der Waals surface area contributed by atoms with Crippen molar-refractivity contribution < 1.29 is 33.0 Å². The number of benzene rings is 6. The summed E-state index contributed by atoms with van der Waals surface area (Å²) in [6.45, 7) is 31.1. The highest BCUT2D eigenvalue weighted by Gasteiger charge is 2.40. The summed E-state index contributed by atoms with van der Waals surface area (Å²) in [4.78, 5) is 107. The number of amides is 3. The smallest absolute Gasteiger partial charge is 0.350 e.